The second-order valence-corrected chi connectivity index (χ2v) is 4.28. The van der Waals surface area contributed by atoms with Crippen molar-refractivity contribution in [3.63, 3.8) is 0 Å². The molecule has 0 bridgehead atoms. The SMILES string of the molecule is CC1=CC(C)C=CC(C)(C)C=C1. The van der Waals surface area contributed by atoms with Gasteiger partial charge < -0.3 is 0 Å². The van der Waals surface area contributed by atoms with Crippen molar-refractivity contribution in [1.82, 2.24) is 0 Å². The summed E-state index contributed by atoms with van der Waals surface area (Å²) in [6.07, 6.45) is 11.3. The summed E-state index contributed by atoms with van der Waals surface area (Å²) >= 11 is 0. The third-order valence-electron chi connectivity index (χ3n) is 2.13. The van der Waals surface area contributed by atoms with Crippen LogP contribution in [0.25, 0.3) is 0 Å². The molecule has 0 heterocycles. The number of hydrogen-bond acceptors (Lipinski definition) is 0. The van der Waals surface area contributed by atoms with E-state index >= 15 is 0 Å². The lowest BCUT2D eigenvalue weighted by molar-refractivity contribution is 0.617. The van der Waals surface area contributed by atoms with Gasteiger partial charge in [-0.3, -0.25) is 0 Å². The predicted molar refractivity (Wildman–Crippen MR) is 55.0 cm³/mol. The monoisotopic (exact) mass is 162 g/mol. The number of rotatable bonds is 0. The molecular weight excluding hydrogens is 144 g/mol. The summed E-state index contributed by atoms with van der Waals surface area (Å²) in [5, 5.41) is 0. The fourth-order valence-corrected chi connectivity index (χ4v) is 1.33. The average molecular weight is 162 g/mol. The fraction of sp³-hybridized carbons (Fsp3) is 0.500. The molecule has 12 heavy (non-hydrogen) atoms. The van der Waals surface area contributed by atoms with Crippen LogP contribution in [0.15, 0.2) is 36.0 Å². The van der Waals surface area contributed by atoms with Gasteiger partial charge in [0.1, 0.15) is 0 Å². The molecule has 66 valence electrons. The van der Waals surface area contributed by atoms with Gasteiger partial charge in [-0.05, 0) is 12.8 Å². The zero-order valence-electron chi connectivity index (χ0n) is 8.46. The Morgan fingerprint density at radius 1 is 1.25 bits per heavy atom. The maximum Gasteiger partial charge on any atom is 0.000783 e. The van der Waals surface area contributed by atoms with Crippen molar-refractivity contribution in [1.29, 1.82) is 0 Å². The van der Waals surface area contributed by atoms with Crippen LogP contribution in [0.4, 0.5) is 0 Å². The van der Waals surface area contributed by atoms with Gasteiger partial charge >= 0.3 is 0 Å². The van der Waals surface area contributed by atoms with Crippen molar-refractivity contribution in [2.75, 3.05) is 0 Å². The molecule has 1 atom stereocenters. The molecule has 1 aliphatic rings. The largest absolute Gasteiger partial charge is 0.0810 e. The number of allylic oxidation sites excluding steroid dienone is 6. The Hall–Kier alpha value is -0.780. The maximum atomic E-state index is 2.28. The highest BCUT2D eigenvalue weighted by Crippen LogP contribution is 2.23. The van der Waals surface area contributed by atoms with E-state index in [4.69, 9.17) is 0 Å². The van der Waals surface area contributed by atoms with Gasteiger partial charge in [0, 0.05) is 5.41 Å². The van der Waals surface area contributed by atoms with Crippen LogP contribution in [0.2, 0.25) is 0 Å². The molecule has 1 unspecified atom stereocenters. The minimum Gasteiger partial charge on any atom is -0.0810 e. The maximum absolute atomic E-state index is 2.28. The Balaban J connectivity index is 2.95. The smallest absolute Gasteiger partial charge is 0.000783 e. The molecule has 0 saturated carbocycles. The quantitative estimate of drug-likeness (QED) is 0.476. The zero-order chi connectivity index (χ0) is 9.19. The van der Waals surface area contributed by atoms with E-state index in [1.165, 1.54) is 5.57 Å². The molecule has 0 N–H and O–H groups in total. The molecule has 0 spiro atoms. The molecular formula is C12H18. The summed E-state index contributed by atoms with van der Waals surface area (Å²) in [6, 6.07) is 0. The molecule has 0 heteroatoms. The predicted octanol–water partition coefficient (Wildman–Crippen LogP) is 3.72. The van der Waals surface area contributed by atoms with Crippen molar-refractivity contribution in [3.05, 3.63) is 36.0 Å². The Morgan fingerprint density at radius 3 is 2.58 bits per heavy atom. The molecule has 1 rings (SSSR count). The lowest BCUT2D eigenvalue weighted by atomic mass is 9.88. The molecule has 0 saturated heterocycles. The molecule has 0 nitrogen and oxygen atoms in total. The topological polar surface area (TPSA) is 0 Å². The van der Waals surface area contributed by atoms with Crippen molar-refractivity contribution in [2.24, 2.45) is 11.3 Å². The first-order chi connectivity index (χ1) is 5.49. The van der Waals surface area contributed by atoms with Gasteiger partial charge in [-0.15, -0.1) is 0 Å². The lowest BCUT2D eigenvalue weighted by Gasteiger charge is -2.17. The van der Waals surface area contributed by atoms with E-state index in [-0.39, 0.29) is 5.41 Å². The molecule has 0 aromatic carbocycles. The average Bonchev–Trinajstić information content (AvgIpc) is 1.96. The highest BCUT2D eigenvalue weighted by molar-refractivity contribution is 5.25. The standard InChI is InChI=1S/C12H18/c1-10-5-7-12(3,4)8-6-11(2)9-10/h5-10H,1-4H3. The Kier molecular flexibility index (Phi) is 2.56. The van der Waals surface area contributed by atoms with Gasteiger partial charge in [0.25, 0.3) is 0 Å². The van der Waals surface area contributed by atoms with E-state index in [0.29, 0.717) is 5.92 Å². The van der Waals surface area contributed by atoms with E-state index in [2.05, 4.69) is 58.1 Å². The van der Waals surface area contributed by atoms with Gasteiger partial charge in [0.05, 0.1) is 0 Å². The minimum atomic E-state index is 0.212. The van der Waals surface area contributed by atoms with E-state index in [1.807, 2.05) is 0 Å². The zero-order valence-corrected chi connectivity index (χ0v) is 8.46. The van der Waals surface area contributed by atoms with Crippen molar-refractivity contribution in [2.45, 2.75) is 27.7 Å². The summed E-state index contributed by atoms with van der Waals surface area (Å²) in [5.41, 5.74) is 1.57. The summed E-state index contributed by atoms with van der Waals surface area (Å²) in [4.78, 5) is 0. The van der Waals surface area contributed by atoms with Crippen LogP contribution < -0.4 is 0 Å². The van der Waals surface area contributed by atoms with E-state index in [0.717, 1.165) is 0 Å². The first-order valence-corrected chi connectivity index (χ1v) is 4.57. The van der Waals surface area contributed by atoms with Crippen molar-refractivity contribution < 1.29 is 0 Å². The molecule has 0 amide bonds. The first kappa shape index (κ1) is 9.31. The highest BCUT2D eigenvalue weighted by Gasteiger charge is 2.10. The van der Waals surface area contributed by atoms with Crippen LogP contribution in [0.1, 0.15) is 27.7 Å². The summed E-state index contributed by atoms with van der Waals surface area (Å²) in [6.45, 7) is 8.83. The van der Waals surface area contributed by atoms with E-state index < -0.39 is 0 Å². The Bertz CT molecular complexity index is 239. The normalized spacial score (nSPS) is 27.7. The summed E-state index contributed by atoms with van der Waals surface area (Å²) < 4.78 is 0. The van der Waals surface area contributed by atoms with Crippen LogP contribution in [0.5, 0.6) is 0 Å². The van der Waals surface area contributed by atoms with E-state index in [1.54, 1.807) is 0 Å². The molecule has 0 aliphatic heterocycles. The van der Waals surface area contributed by atoms with Crippen molar-refractivity contribution >= 4 is 0 Å². The van der Waals surface area contributed by atoms with Gasteiger partial charge in [-0.1, -0.05) is 56.7 Å². The second-order valence-electron chi connectivity index (χ2n) is 4.28. The van der Waals surface area contributed by atoms with Crippen LogP contribution in [-0.2, 0) is 0 Å². The second kappa shape index (κ2) is 3.30. The molecule has 0 aromatic rings. The van der Waals surface area contributed by atoms with Crippen LogP contribution in [-0.4, -0.2) is 0 Å². The molecule has 0 fully saturated rings. The summed E-state index contributed by atoms with van der Waals surface area (Å²) in [7, 11) is 0. The van der Waals surface area contributed by atoms with Gasteiger partial charge in [0.15, 0.2) is 0 Å². The lowest BCUT2D eigenvalue weighted by Crippen LogP contribution is -2.04. The molecule has 0 radical (unpaired) electrons. The summed E-state index contributed by atoms with van der Waals surface area (Å²) in [5.74, 6) is 0.564. The Morgan fingerprint density at radius 2 is 1.92 bits per heavy atom. The highest BCUT2D eigenvalue weighted by atomic mass is 14.1. The third kappa shape index (κ3) is 2.69. The van der Waals surface area contributed by atoms with Gasteiger partial charge in [-0.2, -0.15) is 0 Å². The molecule has 0 aromatic heterocycles. The fourth-order valence-electron chi connectivity index (χ4n) is 1.33. The van der Waals surface area contributed by atoms with Crippen molar-refractivity contribution in [3.8, 4) is 0 Å². The Labute approximate surface area is 75.7 Å². The first-order valence-electron chi connectivity index (χ1n) is 4.57. The van der Waals surface area contributed by atoms with E-state index in [9.17, 15) is 0 Å². The van der Waals surface area contributed by atoms with Crippen LogP contribution in [0.3, 0.4) is 0 Å². The van der Waals surface area contributed by atoms with Crippen LogP contribution >= 0.6 is 0 Å². The van der Waals surface area contributed by atoms with Crippen LogP contribution in [0, 0.1) is 11.3 Å². The third-order valence-corrected chi connectivity index (χ3v) is 2.13. The van der Waals surface area contributed by atoms with Gasteiger partial charge in [0.2, 0.25) is 0 Å². The van der Waals surface area contributed by atoms with Gasteiger partial charge in [-0.25, -0.2) is 0 Å². The minimum absolute atomic E-state index is 0.212. The molecule has 1 aliphatic carbocycles. The number of hydrogen-bond donors (Lipinski definition) is 0.